The highest BCUT2D eigenvalue weighted by atomic mass is 16.2. The van der Waals surface area contributed by atoms with Gasteiger partial charge in [0.25, 0.3) is 5.91 Å². The molecule has 0 aliphatic carbocycles. The lowest BCUT2D eigenvalue weighted by Gasteiger charge is -2.41. The maximum Gasteiger partial charge on any atom is 0.328 e. The number of amides is 4. The molecule has 0 aromatic carbocycles. The van der Waals surface area contributed by atoms with Gasteiger partial charge in [0.1, 0.15) is 12.1 Å². The number of imide groups is 1. The number of aryl methyl sites for hydroxylation is 2. The van der Waals surface area contributed by atoms with Crippen LogP contribution < -0.4 is 5.73 Å². The molecule has 2 aliphatic rings. The molecule has 4 amide bonds. The van der Waals surface area contributed by atoms with Crippen LogP contribution in [0.5, 0.6) is 0 Å². The highest BCUT2D eigenvalue weighted by Gasteiger charge is 2.57. The predicted molar refractivity (Wildman–Crippen MR) is 93.9 cm³/mol. The van der Waals surface area contributed by atoms with Crippen molar-refractivity contribution < 1.29 is 14.4 Å². The van der Waals surface area contributed by atoms with Crippen LogP contribution in [0.25, 0.3) is 0 Å². The summed E-state index contributed by atoms with van der Waals surface area (Å²) in [5, 5.41) is 4.36. The molecule has 9 nitrogen and oxygen atoms in total. The molecular formula is C17H26N6O3. The minimum Gasteiger partial charge on any atom is -0.368 e. The summed E-state index contributed by atoms with van der Waals surface area (Å²) in [6, 6.07) is -0.409. The van der Waals surface area contributed by atoms with E-state index in [-0.39, 0.29) is 12.5 Å². The van der Waals surface area contributed by atoms with Gasteiger partial charge >= 0.3 is 6.03 Å². The largest absolute Gasteiger partial charge is 0.368 e. The lowest BCUT2D eigenvalue weighted by molar-refractivity contribution is -0.137. The molecule has 1 aromatic rings. The van der Waals surface area contributed by atoms with Crippen molar-refractivity contribution in [2.45, 2.75) is 38.8 Å². The molecule has 2 aliphatic heterocycles. The van der Waals surface area contributed by atoms with Crippen LogP contribution in [0.3, 0.4) is 0 Å². The Balaban J connectivity index is 1.73. The van der Waals surface area contributed by atoms with E-state index in [1.165, 1.54) is 5.56 Å². The number of rotatable bonds is 5. The Bertz CT molecular complexity index is 735. The topological polar surface area (TPSA) is 105 Å². The summed E-state index contributed by atoms with van der Waals surface area (Å²) in [5.41, 5.74) is 6.53. The Kier molecular flexibility index (Phi) is 4.74. The van der Waals surface area contributed by atoms with Crippen molar-refractivity contribution in [2.24, 2.45) is 12.8 Å². The molecular weight excluding hydrogens is 336 g/mol. The third kappa shape index (κ3) is 2.96. The number of nitrogens with zero attached hydrogens (tertiary/aromatic N) is 5. The van der Waals surface area contributed by atoms with Crippen molar-refractivity contribution in [3.05, 3.63) is 17.5 Å². The molecule has 0 atom stereocenters. The summed E-state index contributed by atoms with van der Waals surface area (Å²) in [6.45, 7) is 6.10. The zero-order chi connectivity index (χ0) is 19.1. The molecule has 0 unspecified atom stereocenters. The quantitative estimate of drug-likeness (QED) is 0.733. The van der Waals surface area contributed by atoms with Crippen LogP contribution in [0, 0.1) is 6.92 Å². The average molecular weight is 362 g/mol. The Morgan fingerprint density at radius 2 is 1.96 bits per heavy atom. The summed E-state index contributed by atoms with van der Waals surface area (Å²) in [6.07, 6.45) is 3.12. The number of likely N-dealkylation sites (tertiary alicyclic amines) is 1. The van der Waals surface area contributed by atoms with Gasteiger partial charge in [0, 0.05) is 45.0 Å². The van der Waals surface area contributed by atoms with E-state index in [1.807, 2.05) is 27.1 Å². The first-order valence-electron chi connectivity index (χ1n) is 8.92. The second-order valence-electron chi connectivity index (χ2n) is 7.11. The number of nitrogens with two attached hydrogens (primary N) is 1. The molecule has 0 radical (unpaired) electrons. The fourth-order valence-corrected chi connectivity index (χ4v) is 4.13. The molecule has 1 aromatic heterocycles. The number of hydrogen-bond acceptors (Lipinski definition) is 5. The summed E-state index contributed by atoms with van der Waals surface area (Å²) < 4.78 is 1.80. The number of primary amides is 1. The SMILES string of the molecule is CCN1C(=O)N(CC(N)=O)C(=O)C12CCN(Cc1cn(C)nc1C)CC2. The van der Waals surface area contributed by atoms with Gasteiger partial charge in [-0.05, 0) is 26.7 Å². The summed E-state index contributed by atoms with van der Waals surface area (Å²) in [5.74, 6) is -0.968. The maximum absolute atomic E-state index is 12.9. The Morgan fingerprint density at radius 1 is 1.31 bits per heavy atom. The molecule has 3 heterocycles. The molecule has 2 saturated heterocycles. The van der Waals surface area contributed by atoms with Crippen LogP contribution in [0.4, 0.5) is 4.79 Å². The van der Waals surface area contributed by atoms with Gasteiger partial charge in [0.2, 0.25) is 5.91 Å². The van der Waals surface area contributed by atoms with E-state index >= 15 is 0 Å². The Hall–Kier alpha value is -2.42. The van der Waals surface area contributed by atoms with Gasteiger partial charge in [-0.15, -0.1) is 0 Å². The van der Waals surface area contributed by atoms with E-state index in [0.29, 0.717) is 32.5 Å². The zero-order valence-corrected chi connectivity index (χ0v) is 15.6. The first-order chi connectivity index (χ1) is 12.3. The lowest BCUT2D eigenvalue weighted by Crippen LogP contribution is -2.56. The molecule has 26 heavy (non-hydrogen) atoms. The zero-order valence-electron chi connectivity index (χ0n) is 15.6. The van der Waals surface area contributed by atoms with Crippen LogP contribution in [0.15, 0.2) is 6.20 Å². The average Bonchev–Trinajstić information content (AvgIpc) is 2.99. The van der Waals surface area contributed by atoms with E-state index in [0.717, 1.165) is 17.1 Å². The monoisotopic (exact) mass is 362 g/mol. The number of piperidine rings is 1. The van der Waals surface area contributed by atoms with E-state index in [4.69, 9.17) is 5.73 Å². The van der Waals surface area contributed by atoms with Gasteiger partial charge in [-0.2, -0.15) is 5.10 Å². The van der Waals surface area contributed by atoms with Crippen LogP contribution >= 0.6 is 0 Å². The minimum atomic E-state index is -0.845. The van der Waals surface area contributed by atoms with Crippen molar-refractivity contribution >= 4 is 17.8 Å². The normalized spacial score (nSPS) is 20.4. The van der Waals surface area contributed by atoms with Gasteiger partial charge in [0.15, 0.2) is 0 Å². The first kappa shape index (κ1) is 18.4. The van der Waals surface area contributed by atoms with Gasteiger partial charge in [-0.3, -0.25) is 24.1 Å². The van der Waals surface area contributed by atoms with Gasteiger partial charge in [-0.1, -0.05) is 0 Å². The highest BCUT2D eigenvalue weighted by Crippen LogP contribution is 2.37. The van der Waals surface area contributed by atoms with E-state index in [2.05, 4.69) is 10.00 Å². The second kappa shape index (κ2) is 6.71. The van der Waals surface area contributed by atoms with Crippen molar-refractivity contribution in [3.8, 4) is 0 Å². The molecule has 0 saturated carbocycles. The first-order valence-corrected chi connectivity index (χ1v) is 8.92. The van der Waals surface area contributed by atoms with Crippen LogP contribution in [0.1, 0.15) is 31.0 Å². The van der Waals surface area contributed by atoms with Gasteiger partial charge in [0.05, 0.1) is 5.69 Å². The fraction of sp³-hybridized carbons (Fsp3) is 0.647. The molecule has 2 fully saturated rings. The molecule has 1 spiro atoms. The molecule has 142 valence electrons. The molecule has 0 bridgehead atoms. The maximum atomic E-state index is 12.9. The van der Waals surface area contributed by atoms with E-state index in [1.54, 1.807) is 9.58 Å². The van der Waals surface area contributed by atoms with Crippen molar-refractivity contribution in [1.82, 2.24) is 24.5 Å². The highest BCUT2D eigenvalue weighted by molar-refractivity contribution is 6.09. The number of hydrogen-bond donors (Lipinski definition) is 1. The van der Waals surface area contributed by atoms with Crippen LogP contribution in [-0.2, 0) is 23.2 Å². The van der Waals surface area contributed by atoms with Gasteiger partial charge < -0.3 is 10.6 Å². The standard InChI is InChI=1S/C17H26N6O3/c1-4-23-16(26)22(11-14(18)24)15(25)17(23)5-7-21(8-6-17)10-13-9-20(3)19-12(13)2/h9H,4-8,10-11H2,1-3H3,(H2,18,24). The smallest absolute Gasteiger partial charge is 0.328 e. The van der Waals surface area contributed by atoms with E-state index in [9.17, 15) is 14.4 Å². The Labute approximate surface area is 152 Å². The third-order valence-corrected chi connectivity index (χ3v) is 5.44. The number of aromatic nitrogens is 2. The Morgan fingerprint density at radius 3 is 2.46 bits per heavy atom. The number of urea groups is 1. The number of likely N-dealkylation sites (N-methyl/N-ethyl adjacent to an activating group) is 1. The molecule has 2 N–H and O–H groups in total. The second-order valence-corrected chi connectivity index (χ2v) is 7.11. The molecule has 9 heteroatoms. The predicted octanol–water partition coefficient (Wildman–Crippen LogP) is -0.167. The summed E-state index contributed by atoms with van der Waals surface area (Å²) >= 11 is 0. The summed E-state index contributed by atoms with van der Waals surface area (Å²) in [4.78, 5) is 41.6. The fourth-order valence-electron chi connectivity index (χ4n) is 4.13. The van der Waals surface area contributed by atoms with Crippen LogP contribution in [0.2, 0.25) is 0 Å². The van der Waals surface area contributed by atoms with Crippen molar-refractivity contribution in [2.75, 3.05) is 26.2 Å². The van der Waals surface area contributed by atoms with Crippen LogP contribution in [-0.4, -0.2) is 74.0 Å². The number of carbonyl (C=O) groups is 3. The lowest BCUT2D eigenvalue weighted by atomic mass is 9.85. The molecule has 3 rings (SSSR count). The van der Waals surface area contributed by atoms with Crippen molar-refractivity contribution in [3.63, 3.8) is 0 Å². The third-order valence-electron chi connectivity index (χ3n) is 5.44. The minimum absolute atomic E-state index is 0.291. The van der Waals surface area contributed by atoms with Gasteiger partial charge in [-0.25, -0.2) is 4.79 Å². The van der Waals surface area contributed by atoms with E-state index < -0.39 is 17.5 Å². The van der Waals surface area contributed by atoms with Crippen molar-refractivity contribution in [1.29, 1.82) is 0 Å². The summed E-state index contributed by atoms with van der Waals surface area (Å²) in [7, 11) is 1.90. The number of carbonyl (C=O) groups excluding carboxylic acids is 3.